The van der Waals surface area contributed by atoms with Crippen LogP contribution in [0.2, 0.25) is 0 Å². The van der Waals surface area contributed by atoms with E-state index in [1.165, 1.54) is 4.90 Å². The van der Waals surface area contributed by atoms with Gasteiger partial charge in [-0.3, -0.25) is 13.9 Å². The van der Waals surface area contributed by atoms with E-state index in [-0.39, 0.29) is 12.5 Å². The molecule has 0 aliphatic carbocycles. The Morgan fingerprint density at radius 1 is 0.974 bits per heavy atom. The van der Waals surface area contributed by atoms with Crippen LogP contribution in [0.4, 0.5) is 5.69 Å². The van der Waals surface area contributed by atoms with E-state index in [0.29, 0.717) is 23.2 Å². The molecule has 0 spiro atoms. The van der Waals surface area contributed by atoms with Gasteiger partial charge < -0.3 is 15.0 Å². The van der Waals surface area contributed by atoms with Crippen molar-refractivity contribution in [1.82, 2.24) is 10.2 Å². The van der Waals surface area contributed by atoms with Gasteiger partial charge in [0.1, 0.15) is 18.3 Å². The molecule has 204 valence electrons. The third kappa shape index (κ3) is 7.25. The molecular weight excluding hydrogens is 502 g/mol. The van der Waals surface area contributed by atoms with Crippen molar-refractivity contribution in [3.8, 4) is 5.75 Å². The molecule has 0 bridgehead atoms. The zero-order chi connectivity index (χ0) is 28.1. The molecule has 9 heteroatoms. The van der Waals surface area contributed by atoms with Crippen molar-refractivity contribution in [3.63, 3.8) is 0 Å². The summed E-state index contributed by atoms with van der Waals surface area (Å²) in [5.41, 5.74) is 0.703. The van der Waals surface area contributed by atoms with E-state index in [4.69, 9.17) is 4.74 Å². The molecule has 0 saturated carbocycles. The highest BCUT2D eigenvalue weighted by molar-refractivity contribution is 7.92. The standard InChI is InChI=1S/C29H37N3O5S/c1-7-25(28(34)30-29(2,3)4)31(19-21-15-17-23(37-5)18-16-21)27(33)20-32(38(6,35)36)26-14-10-12-22-11-8-9-13-24(22)26/h8-18,25H,7,19-20H2,1-6H3,(H,30,34)/t25-/m1/s1. The van der Waals surface area contributed by atoms with Gasteiger partial charge in [-0.05, 0) is 56.3 Å². The van der Waals surface area contributed by atoms with Crippen LogP contribution in [0, 0.1) is 0 Å². The first kappa shape index (κ1) is 29.0. The molecule has 3 aromatic rings. The second-order valence-corrected chi connectivity index (χ2v) is 12.2. The van der Waals surface area contributed by atoms with E-state index in [9.17, 15) is 18.0 Å². The van der Waals surface area contributed by atoms with E-state index in [1.807, 2.05) is 70.2 Å². The zero-order valence-electron chi connectivity index (χ0n) is 22.9. The first-order valence-electron chi connectivity index (χ1n) is 12.5. The number of amides is 2. The van der Waals surface area contributed by atoms with E-state index < -0.39 is 34.1 Å². The molecule has 0 aliphatic heterocycles. The van der Waals surface area contributed by atoms with Gasteiger partial charge in [0.15, 0.2) is 0 Å². The average molecular weight is 540 g/mol. The molecule has 3 aromatic carbocycles. The van der Waals surface area contributed by atoms with Crippen LogP contribution in [-0.2, 0) is 26.2 Å². The Balaban J connectivity index is 2.03. The highest BCUT2D eigenvalue weighted by Gasteiger charge is 2.33. The Morgan fingerprint density at radius 2 is 1.61 bits per heavy atom. The summed E-state index contributed by atoms with van der Waals surface area (Å²) in [6.45, 7) is 7.14. The fourth-order valence-electron chi connectivity index (χ4n) is 4.32. The van der Waals surface area contributed by atoms with Gasteiger partial charge in [-0.2, -0.15) is 0 Å². The number of hydrogen-bond donors (Lipinski definition) is 1. The predicted molar refractivity (Wildman–Crippen MR) is 152 cm³/mol. The number of carbonyl (C=O) groups excluding carboxylic acids is 2. The number of rotatable bonds is 10. The SMILES string of the molecule is CC[C@H](C(=O)NC(C)(C)C)N(Cc1ccc(OC)cc1)C(=O)CN(c1cccc2ccccc12)S(C)(=O)=O. The van der Waals surface area contributed by atoms with Crippen LogP contribution >= 0.6 is 0 Å². The lowest BCUT2D eigenvalue weighted by atomic mass is 10.1. The van der Waals surface area contributed by atoms with Crippen molar-refractivity contribution >= 4 is 38.3 Å². The summed E-state index contributed by atoms with van der Waals surface area (Å²) in [5, 5.41) is 4.54. The third-order valence-corrected chi connectivity index (χ3v) is 7.24. The largest absolute Gasteiger partial charge is 0.497 e. The van der Waals surface area contributed by atoms with E-state index in [0.717, 1.165) is 21.5 Å². The molecule has 2 amide bonds. The second-order valence-electron chi connectivity index (χ2n) is 10.3. The van der Waals surface area contributed by atoms with Gasteiger partial charge in [0.2, 0.25) is 21.8 Å². The van der Waals surface area contributed by atoms with Gasteiger partial charge in [0.05, 0.1) is 19.1 Å². The van der Waals surface area contributed by atoms with Crippen molar-refractivity contribution in [2.75, 3.05) is 24.2 Å². The lowest BCUT2D eigenvalue weighted by Gasteiger charge is -2.34. The van der Waals surface area contributed by atoms with E-state index in [2.05, 4.69) is 5.32 Å². The maximum Gasteiger partial charge on any atom is 0.244 e. The number of sulfonamides is 1. The van der Waals surface area contributed by atoms with Crippen LogP contribution in [0.1, 0.15) is 39.7 Å². The van der Waals surface area contributed by atoms with Gasteiger partial charge in [-0.1, -0.05) is 55.5 Å². The molecule has 0 fully saturated rings. The number of hydrogen-bond acceptors (Lipinski definition) is 5. The molecule has 0 radical (unpaired) electrons. The van der Waals surface area contributed by atoms with Crippen molar-refractivity contribution in [3.05, 3.63) is 72.3 Å². The molecule has 0 aromatic heterocycles. The summed E-state index contributed by atoms with van der Waals surface area (Å²) >= 11 is 0. The lowest BCUT2D eigenvalue weighted by molar-refractivity contribution is -0.141. The Hall–Kier alpha value is -3.59. The van der Waals surface area contributed by atoms with Gasteiger partial charge in [-0.15, -0.1) is 0 Å². The Kier molecular flexibility index (Phi) is 9.04. The predicted octanol–water partition coefficient (Wildman–Crippen LogP) is 4.34. The smallest absolute Gasteiger partial charge is 0.244 e. The van der Waals surface area contributed by atoms with Crippen molar-refractivity contribution in [1.29, 1.82) is 0 Å². The van der Waals surface area contributed by atoms with Crippen LogP contribution in [0.3, 0.4) is 0 Å². The summed E-state index contributed by atoms with van der Waals surface area (Å²) in [6.07, 6.45) is 1.44. The van der Waals surface area contributed by atoms with E-state index in [1.54, 1.807) is 31.4 Å². The van der Waals surface area contributed by atoms with Crippen LogP contribution in [0.15, 0.2) is 66.7 Å². The number of carbonyl (C=O) groups is 2. The van der Waals surface area contributed by atoms with E-state index >= 15 is 0 Å². The summed E-state index contributed by atoms with van der Waals surface area (Å²) in [5.74, 6) is -0.101. The third-order valence-electron chi connectivity index (χ3n) is 6.11. The first-order valence-corrected chi connectivity index (χ1v) is 14.4. The Morgan fingerprint density at radius 3 is 2.18 bits per heavy atom. The minimum Gasteiger partial charge on any atom is -0.497 e. The molecule has 38 heavy (non-hydrogen) atoms. The second kappa shape index (κ2) is 11.9. The summed E-state index contributed by atoms with van der Waals surface area (Å²) in [4.78, 5) is 28.7. The number of benzene rings is 3. The number of nitrogens with zero attached hydrogens (tertiary/aromatic N) is 2. The minimum atomic E-state index is -3.83. The van der Waals surface area contributed by atoms with Crippen LogP contribution < -0.4 is 14.4 Å². The maximum absolute atomic E-state index is 13.9. The summed E-state index contributed by atoms with van der Waals surface area (Å²) in [6, 6.07) is 19.2. The quantitative estimate of drug-likeness (QED) is 0.414. The molecule has 1 atom stereocenters. The molecular formula is C29H37N3O5S. The maximum atomic E-state index is 13.9. The Labute approximate surface area is 225 Å². The number of anilines is 1. The summed E-state index contributed by atoms with van der Waals surface area (Å²) < 4.78 is 32.3. The molecule has 3 rings (SSSR count). The number of methoxy groups -OCH3 is 1. The number of nitrogens with one attached hydrogen (secondary N) is 1. The van der Waals surface area contributed by atoms with Gasteiger partial charge in [0.25, 0.3) is 0 Å². The highest BCUT2D eigenvalue weighted by Crippen LogP contribution is 2.29. The van der Waals surface area contributed by atoms with Crippen LogP contribution in [-0.4, -0.2) is 56.6 Å². The number of ether oxygens (including phenoxy) is 1. The lowest BCUT2D eigenvalue weighted by Crippen LogP contribution is -2.55. The first-order chi connectivity index (χ1) is 17.8. The topological polar surface area (TPSA) is 96.0 Å². The molecule has 0 aliphatic rings. The monoisotopic (exact) mass is 539 g/mol. The fourth-order valence-corrected chi connectivity index (χ4v) is 5.18. The average Bonchev–Trinajstić information content (AvgIpc) is 2.85. The fraction of sp³-hybridized carbons (Fsp3) is 0.379. The molecule has 0 heterocycles. The molecule has 0 unspecified atom stereocenters. The zero-order valence-corrected chi connectivity index (χ0v) is 23.7. The normalized spacial score (nSPS) is 12.6. The molecule has 1 N–H and O–H groups in total. The van der Waals surface area contributed by atoms with Crippen molar-refractivity contribution in [2.45, 2.75) is 52.2 Å². The number of fused-ring (bicyclic) bond motifs is 1. The van der Waals surface area contributed by atoms with Gasteiger partial charge in [0, 0.05) is 17.5 Å². The minimum absolute atomic E-state index is 0.131. The van der Waals surface area contributed by atoms with Crippen molar-refractivity contribution < 1.29 is 22.7 Å². The van der Waals surface area contributed by atoms with Crippen LogP contribution in [0.25, 0.3) is 10.8 Å². The Bertz CT molecular complexity index is 1380. The summed E-state index contributed by atoms with van der Waals surface area (Å²) in [7, 11) is -2.26. The molecule has 8 nitrogen and oxygen atoms in total. The van der Waals surface area contributed by atoms with Gasteiger partial charge in [-0.25, -0.2) is 8.42 Å². The van der Waals surface area contributed by atoms with Crippen molar-refractivity contribution in [2.24, 2.45) is 0 Å². The highest BCUT2D eigenvalue weighted by atomic mass is 32.2. The van der Waals surface area contributed by atoms with Gasteiger partial charge >= 0.3 is 0 Å². The van der Waals surface area contributed by atoms with Crippen LogP contribution in [0.5, 0.6) is 5.75 Å². The molecule has 0 saturated heterocycles.